The maximum atomic E-state index is 12.8. The molecule has 1 heterocycles. The fraction of sp³-hybridized carbons (Fsp3) is 0.364. The Hall–Kier alpha value is -1.42. The van der Waals surface area contributed by atoms with E-state index in [1.807, 2.05) is 0 Å². The monoisotopic (exact) mass is 208 g/mol. The average molecular weight is 208 g/mol. The molecule has 15 heavy (non-hydrogen) atoms. The molecular formula is C11H13FN2O. The molecule has 0 bridgehead atoms. The molecule has 4 heteroatoms. The Morgan fingerprint density at radius 2 is 2.27 bits per heavy atom. The van der Waals surface area contributed by atoms with Gasteiger partial charge in [-0.2, -0.15) is 0 Å². The number of nitrogens with one attached hydrogen (secondary N) is 2. The van der Waals surface area contributed by atoms with E-state index in [0.717, 1.165) is 13.1 Å². The van der Waals surface area contributed by atoms with E-state index in [-0.39, 0.29) is 17.8 Å². The lowest BCUT2D eigenvalue weighted by Gasteiger charge is -2.28. The van der Waals surface area contributed by atoms with Gasteiger partial charge in [-0.05, 0) is 30.7 Å². The number of carbonyl (C=O) groups is 1. The standard InChI is InChI=1S/C11H13FN2O/c1-7-4-8(12)2-3-10(7)11(15)14-9-5-13-6-9/h2-4,9,13H,5-6H2,1H3,(H,14,15). The highest BCUT2D eigenvalue weighted by Gasteiger charge is 2.20. The van der Waals surface area contributed by atoms with Crippen molar-refractivity contribution in [2.24, 2.45) is 0 Å². The third kappa shape index (κ3) is 2.15. The summed E-state index contributed by atoms with van der Waals surface area (Å²) in [5, 5.41) is 5.94. The molecule has 1 aromatic carbocycles. The van der Waals surface area contributed by atoms with E-state index in [0.29, 0.717) is 11.1 Å². The predicted octanol–water partition coefficient (Wildman–Crippen LogP) is 0.836. The van der Waals surface area contributed by atoms with Crippen LogP contribution >= 0.6 is 0 Å². The molecule has 1 fully saturated rings. The zero-order valence-electron chi connectivity index (χ0n) is 8.51. The lowest BCUT2D eigenvalue weighted by atomic mass is 10.1. The minimum atomic E-state index is -0.311. The zero-order chi connectivity index (χ0) is 10.8. The predicted molar refractivity (Wildman–Crippen MR) is 55.3 cm³/mol. The summed E-state index contributed by atoms with van der Waals surface area (Å²) in [6, 6.07) is 4.41. The van der Waals surface area contributed by atoms with Crippen LogP contribution in [0.5, 0.6) is 0 Å². The van der Waals surface area contributed by atoms with Gasteiger partial charge in [-0.25, -0.2) is 4.39 Å². The fourth-order valence-electron chi connectivity index (χ4n) is 1.54. The van der Waals surface area contributed by atoms with Crippen molar-refractivity contribution in [1.29, 1.82) is 0 Å². The second-order valence-corrected chi connectivity index (χ2v) is 3.79. The molecule has 0 spiro atoms. The van der Waals surface area contributed by atoms with E-state index in [4.69, 9.17) is 0 Å². The summed E-state index contributed by atoms with van der Waals surface area (Å²) in [6.07, 6.45) is 0. The van der Waals surface area contributed by atoms with Crippen molar-refractivity contribution in [3.05, 3.63) is 35.1 Å². The first-order chi connectivity index (χ1) is 7.16. The van der Waals surface area contributed by atoms with Gasteiger partial charge in [-0.15, -0.1) is 0 Å². The van der Waals surface area contributed by atoms with Crippen molar-refractivity contribution < 1.29 is 9.18 Å². The van der Waals surface area contributed by atoms with Gasteiger partial charge in [0, 0.05) is 18.7 Å². The fourth-order valence-corrected chi connectivity index (χ4v) is 1.54. The van der Waals surface area contributed by atoms with Crippen LogP contribution in [0.2, 0.25) is 0 Å². The van der Waals surface area contributed by atoms with Crippen LogP contribution < -0.4 is 10.6 Å². The largest absolute Gasteiger partial charge is 0.347 e. The maximum absolute atomic E-state index is 12.8. The number of aryl methyl sites for hydroxylation is 1. The average Bonchev–Trinajstić information content (AvgIpc) is 2.11. The molecule has 3 nitrogen and oxygen atoms in total. The Bertz CT molecular complexity index is 388. The molecule has 1 amide bonds. The first-order valence-corrected chi connectivity index (χ1v) is 4.94. The van der Waals surface area contributed by atoms with Crippen molar-refractivity contribution in [2.75, 3.05) is 13.1 Å². The van der Waals surface area contributed by atoms with E-state index in [9.17, 15) is 9.18 Å². The Kier molecular flexibility index (Phi) is 2.68. The Balaban J connectivity index is 2.10. The third-order valence-electron chi connectivity index (χ3n) is 2.55. The van der Waals surface area contributed by atoms with E-state index < -0.39 is 0 Å². The van der Waals surface area contributed by atoms with Crippen molar-refractivity contribution >= 4 is 5.91 Å². The highest BCUT2D eigenvalue weighted by Crippen LogP contribution is 2.10. The topological polar surface area (TPSA) is 41.1 Å². The molecule has 1 aliphatic rings. The zero-order valence-corrected chi connectivity index (χ0v) is 8.51. The van der Waals surface area contributed by atoms with E-state index in [2.05, 4.69) is 10.6 Å². The summed E-state index contributed by atoms with van der Waals surface area (Å²) in [7, 11) is 0. The summed E-state index contributed by atoms with van der Waals surface area (Å²) in [6.45, 7) is 3.36. The first kappa shape index (κ1) is 10.1. The molecule has 80 valence electrons. The number of carbonyl (C=O) groups excluding carboxylic acids is 1. The second kappa shape index (κ2) is 3.98. The number of amides is 1. The van der Waals surface area contributed by atoms with E-state index in [1.54, 1.807) is 6.92 Å². The van der Waals surface area contributed by atoms with Crippen LogP contribution in [0.25, 0.3) is 0 Å². The summed E-state index contributed by atoms with van der Waals surface area (Å²) in [4.78, 5) is 11.7. The number of hydrogen-bond donors (Lipinski definition) is 2. The van der Waals surface area contributed by atoms with Crippen LogP contribution in [0.4, 0.5) is 4.39 Å². The summed E-state index contributed by atoms with van der Waals surface area (Å²) in [5.74, 6) is -0.437. The summed E-state index contributed by atoms with van der Waals surface area (Å²) in [5.41, 5.74) is 1.21. The van der Waals surface area contributed by atoms with Gasteiger partial charge in [0.2, 0.25) is 0 Å². The molecule has 1 aliphatic heterocycles. The van der Waals surface area contributed by atoms with Crippen LogP contribution in [0.15, 0.2) is 18.2 Å². The normalized spacial score (nSPS) is 15.9. The van der Waals surface area contributed by atoms with Crippen LogP contribution in [-0.2, 0) is 0 Å². The Morgan fingerprint density at radius 3 is 2.80 bits per heavy atom. The SMILES string of the molecule is Cc1cc(F)ccc1C(=O)NC1CNC1. The summed E-state index contributed by atoms with van der Waals surface area (Å²) >= 11 is 0. The van der Waals surface area contributed by atoms with Crippen LogP contribution in [0.3, 0.4) is 0 Å². The molecule has 0 unspecified atom stereocenters. The highest BCUT2D eigenvalue weighted by molar-refractivity contribution is 5.95. The van der Waals surface area contributed by atoms with Gasteiger partial charge < -0.3 is 10.6 Å². The van der Waals surface area contributed by atoms with Crippen molar-refractivity contribution in [3.63, 3.8) is 0 Å². The molecule has 1 saturated heterocycles. The molecule has 2 N–H and O–H groups in total. The second-order valence-electron chi connectivity index (χ2n) is 3.79. The van der Waals surface area contributed by atoms with Crippen molar-refractivity contribution in [3.8, 4) is 0 Å². The molecular weight excluding hydrogens is 195 g/mol. The molecule has 0 aromatic heterocycles. The van der Waals surface area contributed by atoms with Crippen LogP contribution in [0, 0.1) is 12.7 Å². The molecule has 2 rings (SSSR count). The molecule has 0 aliphatic carbocycles. The van der Waals surface area contributed by atoms with Gasteiger partial charge in [0.05, 0.1) is 6.04 Å². The van der Waals surface area contributed by atoms with Gasteiger partial charge in [0.15, 0.2) is 0 Å². The third-order valence-corrected chi connectivity index (χ3v) is 2.55. The lowest BCUT2D eigenvalue weighted by Crippen LogP contribution is -2.57. The van der Waals surface area contributed by atoms with Crippen LogP contribution in [-0.4, -0.2) is 25.0 Å². The van der Waals surface area contributed by atoms with Gasteiger partial charge >= 0.3 is 0 Å². The van der Waals surface area contributed by atoms with Gasteiger partial charge in [-0.1, -0.05) is 0 Å². The smallest absolute Gasteiger partial charge is 0.251 e. The number of benzene rings is 1. The molecule has 0 radical (unpaired) electrons. The minimum Gasteiger partial charge on any atom is -0.347 e. The molecule has 1 aromatic rings. The quantitative estimate of drug-likeness (QED) is 0.756. The lowest BCUT2D eigenvalue weighted by molar-refractivity contribution is 0.0923. The Labute approximate surface area is 87.7 Å². The minimum absolute atomic E-state index is 0.126. The van der Waals surface area contributed by atoms with E-state index >= 15 is 0 Å². The summed E-state index contributed by atoms with van der Waals surface area (Å²) < 4.78 is 12.8. The first-order valence-electron chi connectivity index (χ1n) is 4.94. The van der Waals surface area contributed by atoms with E-state index in [1.165, 1.54) is 18.2 Å². The molecule has 0 atom stereocenters. The Morgan fingerprint density at radius 1 is 1.53 bits per heavy atom. The van der Waals surface area contributed by atoms with Gasteiger partial charge in [0.25, 0.3) is 5.91 Å². The van der Waals surface area contributed by atoms with Gasteiger partial charge in [-0.3, -0.25) is 4.79 Å². The maximum Gasteiger partial charge on any atom is 0.251 e. The highest BCUT2D eigenvalue weighted by atomic mass is 19.1. The number of halogens is 1. The van der Waals surface area contributed by atoms with Crippen LogP contribution in [0.1, 0.15) is 15.9 Å². The van der Waals surface area contributed by atoms with Gasteiger partial charge in [0.1, 0.15) is 5.82 Å². The van der Waals surface area contributed by atoms with Crippen molar-refractivity contribution in [2.45, 2.75) is 13.0 Å². The molecule has 0 saturated carbocycles. The number of rotatable bonds is 2. The van der Waals surface area contributed by atoms with Crippen molar-refractivity contribution in [1.82, 2.24) is 10.6 Å². The number of hydrogen-bond acceptors (Lipinski definition) is 2.